The highest BCUT2D eigenvalue weighted by atomic mass is 32.1. The minimum Gasteiger partial charge on any atom is -0.481 e. The predicted molar refractivity (Wildman–Crippen MR) is 103 cm³/mol. The standard InChI is InChI=1S/C20H18N2O3S/c1-13(23)18-17(15-9-5-3-6-10-15)21-20(26-18)22-19(24)14(2)25-16-11-7-4-8-12-16/h3-12,14H,1-2H3,(H,21,22,24). The molecule has 1 heterocycles. The second kappa shape index (κ2) is 7.93. The van der Waals surface area contributed by atoms with E-state index in [2.05, 4.69) is 10.3 Å². The molecule has 1 N–H and O–H groups in total. The van der Waals surface area contributed by atoms with Crippen LogP contribution in [0.5, 0.6) is 5.75 Å². The van der Waals surface area contributed by atoms with E-state index in [9.17, 15) is 9.59 Å². The molecule has 6 heteroatoms. The zero-order chi connectivity index (χ0) is 18.5. The first-order valence-electron chi connectivity index (χ1n) is 8.14. The van der Waals surface area contributed by atoms with Crippen LogP contribution in [0.1, 0.15) is 23.5 Å². The Kier molecular flexibility index (Phi) is 5.43. The average Bonchev–Trinajstić information content (AvgIpc) is 3.07. The zero-order valence-corrected chi connectivity index (χ0v) is 15.2. The molecular formula is C20H18N2O3S. The Bertz CT molecular complexity index is 907. The maximum absolute atomic E-state index is 12.4. The number of ether oxygens (including phenoxy) is 1. The molecule has 0 radical (unpaired) electrons. The number of hydrogen-bond acceptors (Lipinski definition) is 5. The van der Waals surface area contributed by atoms with Crippen LogP contribution < -0.4 is 10.1 Å². The first-order chi connectivity index (χ1) is 12.5. The number of Topliss-reactive ketones (excluding diaryl/α,β-unsaturated/α-hetero) is 1. The summed E-state index contributed by atoms with van der Waals surface area (Å²) < 4.78 is 5.62. The minimum absolute atomic E-state index is 0.0876. The van der Waals surface area contributed by atoms with Crippen molar-refractivity contribution in [3.05, 3.63) is 65.5 Å². The smallest absolute Gasteiger partial charge is 0.266 e. The first-order valence-corrected chi connectivity index (χ1v) is 8.96. The van der Waals surface area contributed by atoms with Crippen molar-refractivity contribution >= 4 is 28.2 Å². The molecule has 0 bridgehead atoms. The number of hydrogen-bond donors (Lipinski definition) is 1. The van der Waals surface area contributed by atoms with Gasteiger partial charge >= 0.3 is 0 Å². The van der Waals surface area contributed by atoms with Crippen LogP contribution in [0.4, 0.5) is 5.13 Å². The van der Waals surface area contributed by atoms with E-state index in [1.165, 1.54) is 18.3 Å². The molecule has 3 rings (SSSR count). The molecule has 1 aromatic heterocycles. The second-order valence-electron chi connectivity index (χ2n) is 5.68. The number of para-hydroxylation sites is 1. The third-order valence-corrected chi connectivity index (χ3v) is 4.72. The summed E-state index contributed by atoms with van der Waals surface area (Å²) in [5.41, 5.74) is 1.41. The van der Waals surface area contributed by atoms with E-state index in [1.807, 2.05) is 48.5 Å². The summed E-state index contributed by atoms with van der Waals surface area (Å²) >= 11 is 1.17. The number of carbonyl (C=O) groups is 2. The Morgan fingerprint density at radius 3 is 2.27 bits per heavy atom. The van der Waals surface area contributed by atoms with Gasteiger partial charge in [0.05, 0.1) is 10.6 Å². The summed E-state index contributed by atoms with van der Waals surface area (Å²) in [5, 5.41) is 3.12. The third kappa shape index (κ3) is 4.15. The molecule has 0 fully saturated rings. The molecule has 0 saturated heterocycles. The fourth-order valence-corrected chi connectivity index (χ4v) is 3.25. The van der Waals surface area contributed by atoms with Gasteiger partial charge in [-0.3, -0.25) is 14.9 Å². The van der Waals surface area contributed by atoms with E-state index >= 15 is 0 Å². The Morgan fingerprint density at radius 1 is 1.04 bits per heavy atom. The van der Waals surface area contributed by atoms with Gasteiger partial charge < -0.3 is 4.74 Å². The fraction of sp³-hybridized carbons (Fsp3) is 0.150. The molecular weight excluding hydrogens is 348 g/mol. The lowest BCUT2D eigenvalue weighted by atomic mass is 10.1. The van der Waals surface area contributed by atoms with E-state index in [0.717, 1.165) is 5.56 Å². The molecule has 132 valence electrons. The average molecular weight is 366 g/mol. The quantitative estimate of drug-likeness (QED) is 0.656. The highest BCUT2D eigenvalue weighted by Gasteiger charge is 2.20. The fourth-order valence-electron chi connectivity index (χ4n) is 2.37. The van der Waals surface area contributed by atoms with Crippen molar-refractivity contribution < 1.29 is 14.3 Å². The SMILES string of the molecule is CC(=O)c1sc(NC(=O)C(C)Oc2ccccc2)nc1-c1ccccc1. The number of nitrogens with zero attached hydrogens (tertiary/aromatic N) is 1. The van der Waals surface area contributed by atoms with Crippen molar-refractivity contribution in [1.29, 1.82) is 0 Å². The van der Waals surface area contributed by atoms with Gasteiger partial charge in [0, 0.05) is 12.5 Å². The van der Waals surface area contributed by atoms with Crippen LogP contribution in [0.15, 0.2) is 60.7 Å². The molecule has 5 nitrogen and oxygen atoms in total. The van der Waals surface area contributed by atoms with Crippen molar-refractivity contribution in [2.24, 2.45) is 0 Å². The largest absolute Gasteiger partial charge is 0.481 e. The summed E-state index contributed by atoms with van der Waals surface area (Å²) in [4.78, 5) is 29.3. The lowest BCUT2D eigenvalue weighted by Gasteiger charge is -2.13. The van der Waals surface area contributed by atoms with Gasteiger partial charge in [-0.15, -0.1) is 0 Å². The summed E-state index contributed by atoms with van der Waals surface area (Å²) in [6.45, 7) is 3.16. The molecule has 0 spiro atoms. The van der Waals surface area contributed by atoms with Gasteiger partial charge in [0.1, 0.15) is 5.75 Å². The first kappa shape index (κ1) is 17.8. The Balaban J connectivity index is 1.77. The molecule has 1 atom stereocenters. The number of ketones is 1. The van der Waals surface area contributed by atoms with Crippen molar-refractivity contribution in [2.75, 3.05) is 5.32 Å². The van der Waals surface area contributed by atoms with Gasteiger partial charge in [0.15, 0.2) is 17.0 Å². The summed E-state index contributed by atoms with van der Waals surface area (Å²) in [6, 6.07) is 18.6. The van der Waals surface area contributed by atoms with E-state index in [1.54, 1.807) is 19.1 Å². The summed E-state index contributed by atoms with van der Waals surface area (Å²) in [5.74, 6) is 0.205. The monoisotopic (exact) mass is 366 g/mol. The number of nitrogens with one attached hydrogen (secondary N) is 1. The number of anilines is 1. The lowest BCUT2D eigenvalue weighted by Crippen LogP contribution is -2.30. The van der Waals surface area contributed by atoms with Crippen LogP contribution in [0.2, 0.25) is 0 Å². The van der Waals surface area contributed by atoms with E-state index in [0.29, 0.717) is 21.5 Å². The van der Waals surface area contributed by atoms with Crippen molar-refractivity contribution in [3.8, 4) is 17.0 Å². The van der Waals surface area contributed by atoms with Crippen LogP contribution in [-0.4, -0.2) is 22.8 Å². The van der Waals surface area contributed by atoms with Crippen LogP contribution in [0.3, 0.4) is 0 Å². The van der Waals surface area contributed by atoms with Crippen molar-refractivity contribution in [2.45, 2.75) is 20.0 Å². The number of thiazole rings is 1. The van der Waals surface area contributed by atoms with Crippen LogP contribution in [-0.2, 0) is 4.79 Å². The molecule has 26 heavy (non-hydrogen) atoms. The minimum atomic E-state index is -0.692. The molecule has 1 unspecified atom stereocenters. The molecule has 0 aliphatic rings. The Morgan fingerprint density at radius 2 is 1.65 bits per heavy atom. The third-order valence-electron chi connectivity index (χ3n) is 3.65. The van der Waals surface area contributed by atoms with Gasteiger partial charge in [-0.1, -0.05) is 59.9 Å². The molecule has 0 saturated carbocycles. The highest BCUT2D eigenvalue weighted by molar-refractivity contribution is 7.18. The van der Waals surface area contributed by atoms with E-state index < -0.39 is 6.10 Å². The summed E-state index contributed by atoms with van der Waals surface area (Å²) in [6.07, 6.45) is -0.692. The maximum atomic E-state index is 12.4. The van der Waals surface area contributed by atoms with Gasteiger partial charge in [0.2, 0.25) is 0 Å². The number of carbonyl (C=O) groups excluding carboxylic acids is 2. The van der Waals surface area contributed by atoms with Gasteiger partial charge in [-0.25, -0.2) is 4.98 Å². The zero-order valence-electron chi connectivity index (χ0n) is 14.4. The molecule has 0 aliphatic heterocycles. The number of benzene rings is 2. The van der Waals surface area contributed by atoms with E-state index in [-0.39, 0.29) is 11.7 Å². The molecule has 2 aromatic carbocycles. The van der Waals surface area contributed by atoms with Crippen molar-refractivity contribution in [1.82, 2.24) is 4.98 Å². The van der Waals surface area contributed by atoms with Gasteiger partial charge in [0.25, 0.3) is 5.91 Å². The number of rotatable bonds is 6. The topological polar surface area (TPSA) is 68.3 Å². The van der Waals surface area contributed by atoms with E-state index in [4.69, 9.17) is 4.74 Å². The van der Waals surface area contributed by atoms with Crippen molar-refractivity contribution in [3.63, 3.8) is 0 Å². The summed E-state index contributed by atoms with van der Waals surface area (Å²) in [7, 11) is 0. The molecule has 0 aliphatic carbocycles. The highest BCUT2D eigenvalue weighted by Crippen LogP contribution is 2.31. The second-order valence-corrected chi connectivity index (χ2v) is 6.68. The van der Waals surface area contributed by atoms with Gasteiger partial charge in [-0.05, 0) is 19.1 Å². The maximum Gasteiger partial charge on any atom is 0.266 e. The van der Waals surface area contributed by atoms with Crippen LogP contribution in [0, 0.1) is 0 Å². The molecule has 3 aromatic rings. The predicted octanol–water partition coefficient (Wildman–Crippen LogP) is 4.42. The number of amides is 1. The van der Waals surface area contributed by atoms with Crippen LogP contribution >= 0.6 is 11.3 Å². The van der Waals surface area contributed by atoms with Crippen LogP contribution in [0.25, 0.3) is 11.3 Å². The van der Waals surface area contributed by atoms with Gasteiger partial charge in [-0.2, -0.15) is 0 Å². The number of aromatic nitrogens is 1. The Labute approximate surface area is 155 Å². The Hall–Kier alpha value is -2.99. The lowest BCUT2D eigenvalue weighted by molar-refractivity contribution is -0.122. The normalized spacial score (nSPS) is 11.6. The molecule has 1 amide bonds.